The average Bonchev–Trinajstić information content (AvgIpc) is 3.20. The van der Waals surface area contributed by atoms with E-state index in [-0.39, 0.29) is 12.1 Å². The van der Waals surface area contributed by atoms with Gasteiger partial charge >= 0.3 is 6.09 Å². The second-order valence-corrected chi connectivity index (χ2v) is 17.2. The number of carbonyl (C=O) groups is 1. The van der Waals surface area contributed by atoms with Crippen LogP contribution in [0.25, 0.3) is 11.0 Å². The van der Waals surface area contributed by atoms with Crippen LogP contribution in [0.1, 0.15) is 51.0 Å². The molecule has 0 aliphatic carbocycles. The second-order valence-electron chi connectivity index (χ2n) is 10.7. The maximum Gasteiger partial charge on any atom is 0.410 e. The van der Waals surface area contributed by atoms with E-state index in [0.29, 0.717) is 13.3 Å². The molecule has 0 N–H and O–H groups in total. The molecule has 0 saturated carbocycles. The van der Waals surface area contributed by atoms with Crippen LogP contribution in [0.4, 0.5) is 4.79 Å². The predicted octanol–water partition coefficient (Wildman–Crippen LogP) is 6.49. The van der Waals surface area contributed by atoms with Crippen molar-refractivity contribution in [3.63, 3.8) is 0 Å². The van der Waals surface area contributed by atoms with Crippen molar-refractivity contribution in [3.05, 3.63) is 28.0 Å². The maximum atomic E-state index is 12.9. The summed E-state index contributed by atoms with van der Waals surface area (Å²) < 4.78 is 15.0. The standard InChI is InChI=1S/C23H36BrN3O3Si/c1-16-13-17(24)14-18-20(16)27(15-29-11-12-31(5,6)7)21(25-18)19-9-8-10-26(19)22(28)30-23(2,3)4/h13-14,19H,8-12,15H2,1-7H3/t19-/m0/s1. The summed E-state index contributed by atoms with van der Waals surface area (Å²) in [5, 5.41) is 0. The minimum absolute atomic E-state index is 0.110. The van der Waals surface area contributed by atoms with E-state index in [0.717, 1.165) is 52.4 Å². The highest BCUT2D eigenvalue weighted by Gasteiger charge is 2.36. The summed E-state index contributed by atoms with van der Waals surface area (Å²) in [6, 6.07) is 5.15. The normalized spacial score (nSPS) is 17.5. The van der Waals surface area contributed by atoms with E-state index in [1.54, 1.807) is 0 Å². The summed E-state index contributed by atoms with van der Waals surface area (Å²) in [5.41, 5.74) is 2.61. The number of likely N-dealkylation sites (tertiary alicyclic amines) is 1. The molecule has 1 aromatic carbocycles. The van der Waals surface area contributed by atoms with Crippen molar-refractivity contribution in [1.29, 1.82) is 0 Å². The Morgan fingerprint density at radius 1 is 1.29 bits per heavy atom. The van der Waals surface area contributed by atoms with Crippen LogP contribution in [0.5, 0.6) is 0 Å². The molecule has 3 rings (SSSR count). The number of hydrogen-bond acceptors (Lipinski definition) is 4. The molecule has 0 spiro atoms. The zero-order valence-electron chi connectivity index (χ0n) is 19.9. The number of aromatic nitrogens is 2. The Morgan fingerprint density at radius 3 is 2.65 bits per heavy atom. The molecule has 1 atom stereocenters. The van der Waals surface area contributed by atoms with Crippen molar-refractivity contribution in [2.75, 3.05) is 13.2 Å². The molecule has 1 saturated heterocycles. The molecule has 2 aromatic rings. The van der Waals surface area contributed by atoms with Gasteiger partial charge in [0.1, 0.15) is 18.2 Å². The van der Waals surface area contributed by atoms with Gasteiger partial charge < -0.3 is 14.0 Å². The van der Waals surface area contributed by atoms with Crippen LogP contribution in [-0.4, -0.2) is 47.4 Å². The number of fused-ring (bicyclic) bond motifs is 1. The number of imidazole rings is 1. The third kappa shape index (κ3) is 6.11. The van der Waals surface area contributed by atoms with Crippen LogP contribution < -0.4 is 0 Å². The van der Waals surface area contributed by atoms with Gasteiger partial charge in [0.25, 0.3) is 0 Å². The number of nitrogens with zero attached hydrogens (tertiary/aromatic N) is 3. The SMILES string of the molecule is Cc1cc(Br)cc2nc([C@@H]3CCCN3C(=O)OC(C)(C)C)n(COCC[Si](C)(C)C)c12. The zero-order chi connectivity index (χ0) is 23.0. The fraction of sp³-hybridized carbons (Fsp3) is 0.652. The van der Waals surface area contributed by atoms with Crippen LogP contribution in [0.15, 0.2) is 16.6 Å². The highest BCUT2D eigenvalue weighted by atomic mass is 79.9. The first-order valence-electron chi connectivity index (χ1n) is 11.1. The molecule has 1 aromatic heterocycles. The van der Waals surface area contributed by atoms with E-state index in [2.05, 4.69) is 53.1 Å². The maximum absolute atomic E-state index is 12.9. The van der Waals surface area contributed by atoms with Crippen LogP contribution in [0, 0.1) is 6.92 Å². The Labute approximate surface area is 195 Å². The Bertz CT molecular complexity index is 946. The van der Waals surface area contributed by atoms with Gasteiger partial charge in [-0.05, 0) is 64.3 Å². The van der Waals surface area contributed by atoms with Crippen LogP contribution in [0.3, 0.4) is 0 Å². The first-order chi connectivity index (χ1) is 14.4. The van der Waals surface area contributed by atoms with Gasteiger partial charge in [-0.2, -0.15) is 0 Å². The fourth-order valence-electron chi connectivity index (χ4n) is 3.95. The van der Waals surface area contributed by atoms with E-state index in [1.165, 1.54) is 0 Å². The fourth-order valence-corrected chi connectivity index (χ4v) is 5.26. The number of carbonyl (C=O) groups excluding carboxylic acids is 1. The van der Waals surface area contributed by atoms with Crippen molar-refractivity contribution >= 4 is 41.1 Å². The van der Waals surface area contributed by atoms with Gasteiger partial charge in [0.2, 0.25) is 0 Å². The van der Waals surface area contributed by atoms with Crippen molar-refractivity contribution in [2.24, 2.45) is 0 Å². The summed E-state index contributed by atoms with van der Waals surface area (Å²) in [6.07, 6.45) is 1.54. The number of halogens is 1. The quantitative estimate of drug-likeness (QED) is 0.329. The minimum atomic E-state index is -1.16. The molecule has 8 heteroatoms. The lowest BCUT2D eigenvalue weighted by Crippen LogP contribution is -2.37. The monoisotopic (exact) mass is 509 g/mol. The van der Waals surface area contributed by atoms with Crippen LogP contribution in [0.2, 0.25) is 25.7 Å². The molecule has 1 amide bonds. The predicted molar refractivity (Wildman–Crippen MR) is 131 cm³/mol. The summed E-state index contributed by atoms with van der Waals surface area (Å²) in [4.78, 5) is 19.7. The van der Waals surface area contributed by atoms with E-state index in [1.807, 2.05) is 31.7 Å². The average molecular weight is 511 g/mol. The van der Waals surface area contributed by atoms with Crippen molar-refractivity contribution in [2.45, 2.75) is 84.6 Å². The Balaban J connectivity index is 1.94. The summed E-state index contributed by atoms with van der Waals surface area (Å²) in [7, 11) is -1.16. The van der Waals surface area contributed by atoms with Gasteiger partial charge in [0.05, 0.1) is 17.1 Å². The number of amides is 1. The number of ether oxygens (including phenoxy) is 2. The summed E-state index contributed by atoms with van der Waals surface area (Å²) >= 11 is 3.59. The van der Waals surface area contributed by atoms with Crippen LogP contribution >= 0.6 is 15.9 Å². The van der Waals surface area contributed by atoms with Crippen LogP contribution in [-0.2, 0) is 16.2 Å². The number of hydrogen-bond donors (Lipinski definition) is 0. The molecule has 0 radical (unpaired) electrons. The first kappa shape index (κ1) is 24.3. The number of benzene rings is 1. The third-order valence-electron chi connectivity index (χ3n) is 5.42. The molecule has 172 valence electrons. The molecular formula is C23H36BrN3O3Si. The second kappa shape index (κ2) is 9.23. The lowest BCUT2D eigenvalue weighted by atomic mass is 10.2. The van der Waals surface area contributed by atoms with Crippen molar-refractivity contribution in [3.8, 4) is 0 Å². The topological polar surface area (TPSA) is 56.6 Å². The molecule has 31 heavy (non-hydrogen) atoms. The Morgan fingerprint density at radius 2 is 2.00 bits per heavy atom. The number of rotatable bonds is 6. The molecule has 0 bridgehead atoms. The lowest BCUT2D eigenvalue weighted by Gasteiger charge is -2.28. The lowest BCUT2D eigenvalue weighted by molar-refractivity contribution is 0.0205. The third-order valence-corrected chi connectivity index (χ3v) is 7.58. The molecule has 1 aliphatic heterocycles. The van der Waals surface area contributed by atoms with Gasteiger partial charge in [-0.3, -0.25) is 4.90 Å². The van der Waals surface area contributed by atoms with Gasteiger partial charge in [0.15, 0.2) is 0 Å². The molecular weight excluding hydrogens is 474 g/mol. The minimum Gasteiger partial charge on any atom is -0.444 e. The molecule has 0 unspecified atom stereocenters. The Hall–Kier alpha value is -1.38. The van der Waals surface area contributed by atoms with Gasteiger partial charge in [0, 0.05) is 25.7 Å². The smallest absolute Gasteiger partial charge is 0.410 e. The van der Waals surface area contributed by atoms with E-state index in [9.17, 15) is 4.79 Å². The summed E-state index contributed by atoms with van der Waals surface area (Å²) in [5.74, 6) is 0.882. The highest BCUT2D eigenvalue weighted by molar-refractivity contribution is 9.10. The summed E-state index contributed by atoms with van der Waals surface area (Å²) in [6.45, 7) is 16.7. The van der Waals surface area contributed by atoms with Crippen molar-refractivity contribution in [1.82, 2.24) is 14.5 Å². The number of aryl methyl sites for hydroxylation is 1. The van der Waals surface area contributed by atoms with Crippen molar-refractivity contribution < 1.29 is 14.3 Å². The molecule has 1 fully saturated rings. The van der Waals surface area contributed by atoms with Gasteiger partial charge in [-0.1, -0.05) is 35.6 Å². The molecule has 6 nitrogen and oxygen atoms in total. The largest absolute Gasteiger partial charge is 0.444 e. The van der Waals surface area contributed by atoms with E-state index >= 15 is 0 Å². The van der Waals surface area contributed by atoms with Gasteiger partial charge in [-0.15, -0.1) is 0 Å². The first-order valence-corrected chi connectivity index (χ1v) is 15.6. The zero-order valence-corrected chi connectivity index (χ0v) is 22.5. The van der Waals surface area contributed by atoms with E-state index < -0.39 is 13.7 Å². The molecule has 1 aliphatic rings. The van der Waals surface area contributed by atoms with E-state index in [4.69, 9.17) is 14.5 Å². The van der Waals surface area contributed by atoms with Gasteiger partial charge in [-0.25, -0.2) is 9.78 Å². The highest BCUT2D eigenvalue weighted by Crippen LogP contribution is 2.36. The Kier molecular flexibility index (Phi) is 7.23. The molecule has 2 heterocycles.